The largest absolute Gasteiger partial charge is 0.330 e. The van der Waals surface area contributed by atoms with Gasteiger partial charge in [0.15, 0.2) is 0 Å². The fourth-order valence-corrected chi connectivity index (χ4v) is 4.15. The summed E-state index contributed by atoms with van der Waals surface area (Å²) in [7, 11) is 0. The molecule has 17 heavy (non-hydrogen) atoms. The third-order valence-electron chi connectivity index (χ3n) is 3.75. The van der Waals surface area contributed by atoms with E-state index in [1.54, 1.807) is 0 Å². The Hall–Kier alpha value is 0.100. The summed E-state index contributed by atoms with van der Waals surface area (Å²) >= 11 is 5.38. The van der Waals surface area contributed by atoms with Crippen molar-refractivity contribution in [3.05, 3.63) is 20.8 Å². The molecule has 2 unspecified atom stereocenters. The second kappa shape index (κ2) is 6.88. The van der Waals surface area contributed by atoms with Crippen LogP contribution >= 0.6 is 27.3 Å². The Balaban J connectivity index is 1.75. The molecule has 0 saturated heterocycles. The third-order valence-corrected chi connectivity index (χ3v) is 5.68. The molecule has 3 N–H and O–H groups in total. The Bertz CT molecular complexity index is 340. The first kappa shape index (κ1) is 13.5. The second-order valence-electron chi connectivity index (χ2n) is 4.86. The first-order valence-electron chi connectivity index (χ1n) is 6.44. The number of thiophene rings is 1. The number of halogens is 1. The molecule has 1 aliphatic rings. The lowest BCUT2D eigenvalue weighted by Gasteiger charge is -2.30. The van der Waals surface area contributed by atoms with Gasteiger partial charge in [-0.2, -0.15) is 0 Å². The second-order valence-corrected chi connectivity index (χ2v) is 6.72. The predicted molar refractivity (Wildman–Crippen MR) is 78.2 cm³/mol. The summed E-state index contributed by atoms with van der Waals surface area (Å²) in [5, 5.41) is 5.72. The molecule has 96 valence electrons. The molecule has 1 saturated carbocycles. The van der Waals surface area contributed by atoms with E-state index in [1.807, 2.05) is 11.3 Å². The van der Waals surface area contributed by atoms with Gasteiger partial charge in [0.1, 0.15) is 0 Å². The predicted octanol–water partition coefficient (Wildman–Crippen LogP) is 3.37. The van der Waals surface area contributed by atoms with Crippen LogP contribution < -0.4 is 11.1 Å². The van der Waals surface area contributed by atoms with Gasteiger partial charge in [-0.05, 0) is 65.1 Å². The minimum absolute atomic E-state index is 0.739. The minimum Gasteiger partial charge on any atom is -0.330 e. The highest BCUT2D eigenvalue weighted by Gasteiger charge is 2.23. The van der Waals surface area contributed by atoms with E-state index in [0.29, 0.717) is 0 Å². The summed E-state index contributed by atoms with van der Waals surface area (Å²) in [6, 6.07) is 2.12. The zero-order valence-electron chi connectivity index (χ0n) is 10.1. The van der Waals surface area contributed by atoms with Gasteiger partial charge in [-0.1, -0.05) is 12.8 Å². The number of rotatable bonds is 5. The third kappa shape index (κ3) is 3.78. The first-order valence-corrected chi connectivity index (χ1v) is 8.11. The zero-order chi connectivity index (χ0) is 12.1. The Morgan fingerprint density at radius 3 is 2.76 bits per heavy atom. The van der Waals surface area contributed by atoms with Crippen LogP contribution in [-0.4, -0.2) is 13.1 Å². The van der Waals surface area contributed by atoms with Gasteiger partial charge < -0.3 is 11.1 Å². The molecule has 0 bridgehead atoms. The smallest absolute Gasteiger partial charge is 0.0327 e. The van der Waals surface area contributed by atoms with E-state index in [4.69, 9.17) is 5.73 Å². The van der Waals surface area contributed by atoms with Crippen molar-refractivity contribution in [3.63, 3.8) is 0 Å². The lowest BCUT2D eigenvalue weighted by Crippen LogP contribution is -2.34. The molecule has 2 atom stereocenters. The number of hydrogen-bond acceptors (Lipinski definition) is 3. The lowest BCUT2D eigenvalue weighted by atomic mass is 9.79. The van der Waals surface area contributed by atoms with Gasteiger partial charge in [-0.25, -0.2) is 0 Å². The van der Waals surface area contributed by atoms with Crippen molar-refractivity contribution >= 4 is 27.3 Å². The molecular formula is C13H21BrN2S. The van der Waals surface area contributed by atoms with Crippen molar-refractivity contribution < 1.29 is 0 Å². The first-order chi connectivity index (χ1) is 8.31. The zero-order valence-corrected chi connectivity index (χ0v) is 12.5. The van der Waals surface area contributed by atoms with Gasteiger partial charge in [0.05, 0.1) is 0 Å². The molecule has 1 heterocycles. The Morgan fingerprint density at radius 1 is 1.35 bits per heavy atom. The van der Waals surface area contributed by atoms with Crippen LogP contribution in [0.15, 0.2) is 15.9 Å². The standard InChI is InChI=1S/C13H21BrN2S/c14-12-5-6-17-13(12)9-16-8-11-4-2-1-3-10(11)7-15/h5-6,10-11,16H,1-4,7-9,15H2. The van der Waals surface area contributed by atoms with Crippen molar-refractivity contribution in [2.75, 3.05) is 13.1 Å². The van der Waals surface area contributed by atoms with E-state index >= 15 is 0 Å². The van der Waals surface area contributed by atoms with E-state index in [0.717, 1.165) is 31.5 Å². The van der Waals surface area contributed by atoms with Crippen molar-refractivity contribution in [2.45, 2.75) is 32.2 Å². The SMILES string of the molecule is NCC1CCCCC1CNCc1sccc1Br. The van der Waals surface area contributed by atoms with Crippen molar-refractivity contribution in [2.24, 2.45) is 17.6 Å². The molecule has 1 aliphatic carbocycles. The average molecular weight is 317 g/mol. The maximum atomic E-state index is 5.85. The van der Waals surface area contributed by atoms with Gasteiger partial charge in [0.25, 0.3) is 0 Å². The van der Waals surface area contributed by atoms with Crippen LogP contribution in [0.2, 0.25) is 0 Å². The highest BCUT2D eigenvalue weighted by atomic mass is 79.9. The monoisotopic (exact) mass is 316 g/mol. The quantitative estimate of drug-likeness (QED) is 0.874. The minimum atomic E-state index is 0.739. The molecule has 0 amide bonds. The van der Waals surface area contributed by atoms with Crippen LogP contribution in [0.5, 0.6) is 0 Å². The highest BCUT2D eigenvalue weighted by molar-refractivity contribution is 9.10. The number of nitrogens with one attached hydrogen (secondary N) is 1. The van der Waals surface area contributed by atoms with E-state index in [9.17, 15) is 0 Å². The van der Waals surface area contributed by atoms with Gasteiger partial charge >= 0.3 is 0 Å². The summed E-state index contributed by atoms with van der Waals surface area (Å²) in [4.78, 5) is 1.39. The van der Waals surface area contributed by atoms with Crippen molar-refractivity contribution in [1.82, 2.24) is 5.32 Å². The summed E-state index contributed by atoms with van der Waals surface area (Å²) < 4.78 is 1.23. The molecule has 1 aromatic heterocycles. The van der Waals surface area contributed by atoms with Crippen LogP contribution in [0.25, 0.3) is 0 Å². The summed E-state index contributed by atoms with van der Waals surface area (Å²) in [6.07, 6.45) is 5.42. The molecule has 0 aliphatic heterocycles. The van der Waals surface area contributed by atoms with Crippen LogP contribution in [0.1, 0.15) is 30.6 Å². The molecule has 0 aromatic carbocycles. The highest BCUT2D eigenvalue weighted by Crippen LogP contribution is 2.29. The topological polar surface area (TPSA) is 38.0 Å². The fraction of sp³-hybridized carbons (Fsp3) is 0.692. The van der Waals surface area contributed by atoms with E-state index in [1.165, 1.54) is 35.0 Å². The summed E-state index contributed by atoms with van der Waals surface area (Å²) in [5.74, 6) is 1.52. The molecule has 1 fully saturated rings. The molecule has 1 aromatic rings. The fourth-order valence-electron chi connectivity index (χ4n) is 2.69. The van der Waals surface area contributed by atoms with Crippen LogP contribution in [0.4, 0.5) is 0 Å². The van der Waals surface area contributed by atoms with Crippen LogP contribution in [-0.2, 0) is 6.54 Å². The van der Waals surface area contributed by atoms with Gasteiger partial charge in [0, 0.05) is 15.9 Å². The van der Waals surface area contributed by atoms with E-state index in [2.05, 4.69) is 32.7 Å². The van der Waals surface area contributed by atoms with Crippen molar-refractivity contribution in [3.8, 4) is 0 Å². The Kier molecular flexibility index (Phi) is 5.48. The Labute approximate surface area is 116 Å². The normalized spacial score (nSPS) is 25.1. The molecule has 2 nitrogen and oxygen atoms in total. The maximum absolute atomic E-state index is 5.85. The van der Waals surface area contributed by atoms with Gasteiger partial charge in [-0.3, -0.25) is 0 Å². The van der Waals surface area contributed by atoms with Gasteiger partial charge in [0.2, 0.25) is 0 Å². The van der Waals surface area contributed by atoms with Gasteiger partial charge in [-0.15, -0.1) is 11.3 Å². The number of hydrogen-bond donors (Lipinski definition) is 2. The van der Waals surface area contributed by atoms with E-state index in [-0.39, 0.29) is 0 Å². The maximum Gasteiger partial charge on any atom is 0.0327 e. The van der Waals surface area contributed by atoms with E-state index < -0.39 is 0 Å². The molecule has 4 heteroatoms. The molecule has 0 radical (unpaired) electrons. The molecule has 2 rings (SSSR count). The van der Waals surface area contributed by atoms with Crippen LogP contribution in [0, 0.1) is 11.8 Å². The molecular weight excluding hydrogens is 296 g/mol. The summed E-state index contributed by atoms with van der Waals surface area (Å²) in [5.41, 5.74) is 5.85. The molecule has 0 spiro atoms. The van der Waals surface area contributed by atoms with Crippen LogP contribution in [0.3, 0.4) is 0 Å². The van der Waals surface area contributed by atoms with Crippen molar-refractivity contribution in [1.29, 1.82) is 0 Å². The lowest BCUT2D eigenvalue weighted by molar-refractivity contribution is 0.236. The average Bonchev–Trinajstić information content (AvgIpc) is 2.76. The number of nitrogens with two attached hydrogens (primary N) is 1. The summed E-state index contributed by atoms with van der Waals surface area (Å²) in [6.45, 7) is 2.95. The Morgan fingerprint density at radius 2 is 2.12 bits per heavy atom.